The van der Waals surface area contributed by atoms with E-state index in [2.05, 4.69) is 56.3 Å². The van der Waals surface area contributed by atoms with E-state index in [9.17, 15) is 10.2 Å². The molecule has 2 aliphatic rings. The monoisotopic (exact) mass is 447 g/mol. The minimum atomic E-state index is -0.831. The normalized spacial score (nSPS) is 22.8. The Labute approximate surface area is 195 Å². The molecule has 0 radical (unpaired) electrons. The zero-order valence-electron chi connectivity index (χ0n) is 19.2. The van der Waals surface area contributed by atoms with E-state index in [0.717, 1.165) is 36.4 Å². The Hall–Kier alpha value is -2.74. The summed E-state index contributed by atoms with van der Waals surface area (Å²) in [7, 11) is 0. The summed E-state index contributed by atoms with van der Waals surface area (Å²) in [6.45, 7) is 6.07. The van der Waals surface area contributed by atoms with E-state index in [1.54, 1.807) is 12.4 Å². The van der Waals surface area contributed by atoms with Crippen molar-refractivity contribution in [3.8, 4) is 0 Å². The largest absolute Gasteiger partial charge is 0.388 e. The van der Waals surface area contributed by atoms with Gasteiger partial charge in [-0.25, -0.2) is 0 Å². The Bertz CT molecular complexity index is 1110. The Morgan fingerprint density at radius 3 is 2.36 bits per heavy atom. The van der Waals surface area contributed by atoms with E-state index in [0.29, 0.717) is 38.9 Å². The third-order valence-corrected chi connectivity index (χ3v) is 7.21. The van der Waals surface area contributed by atoms with Gasteiger partial charge in [0, 0.05) is 57.3 Å². The molecule has 2 aliphatic heterocycles. The van der Waals surface area contributed by atoms with Crippen LogP contribution in [0.1, 0.15) is 24.8 Å². The minimum Gasteiger partial charge on any atom is -0.388 e. The molecule has 1 atom stereocenters. The maximum atomic E-state index is 11.2. The highest BCUT2D eigenvalue weighted by Crippen LogP contribution is 2.31. The predicted octanol–water partition coefficient (Wildman–Crippen LogP) is 2.50. The molecule has 33 heavy (non-hydrogen) atoms. The van der Waals surface area contributed by atoms with Gasteiger partial charge in [0.1, 0.15) is 5.52 Å². The maximum absolute atomic E-state index is 11.2. The topological polar surface area (TPSA) is 84.8 Å². The van der Waals surface area contributed by atoms with Crippen molar-refractivity contribution < 1.29 is 10.2 Å². The number of aliphatic hydroxyl groups is 2. The third-order valence-electron chi connectivity index (χ3n) is 7.21. The number of nitrogens with zero attached hydrogens (tertiary/aromatic N) is 4. The molecule has 0 saturated carbocycles. The van der Waals surface area contributed by atoms with Gasteiger partial charge in [-0.05, 0) is 56.0 Å². The Kier molecular flexibility index (Phi) is 5.95. The fourth-order valence-electron chi connectivity index (χ4n) is 5.21. The first-order chi connectivity index (χ1) is 15.9. The van der Waals surface area contributed by atoms with Crippen LogP contribution in [-0.4, -0.2) is 70.7 Å². The van der Waals surface area contributed by atoms with Gasteiger partial charge >= 0.3 is 0 Å². The van der Waals surface area contributed by atoms with E-state index in [1.165, 1.54) is 11.3 Å². The average molecular weight is 448 g/mol. The first kappa shape index (κ1) is 22.1. The van der Waals surface area contributed by atoms with Crippen LogP contribution in [0.3, 0.4) is 0 Å². The number of β-amino-alcohol motifs (C(OH)–C–C–N with tert-alkyl or cyclic N) is 1. The van der Waals surface area contributed by atoms with E-state index in [4.69, 9.17) is 0 Å². The number of benzene rings is 1. The molecular formula is C26H33N5O2. The van der Waals surface area contributed by atoms with Crippen molar-refractivity contribution in [3.05, 3.63) is 60.4 Å². The van der Waals surface area contributed by atoms with Crippen molar-refractivity contribution in [2.45, 2.75) is 37.4 Å². The van der Waals surface area contributed by atoms with Gasteiger partial charge in [-0.2, -0.15) is 0 Å². The van der Waals surface area contributed by atoms with Crippen molar-refractivity contribution in [1.82, 2.24) is 15.3 Å². The summed E-state index contributed by atoms with van der Waals surface area (Å²) in [6, 6.07) is 14.2. The SMILES string of the molecule is Cc1ccccc1N1CCC(O)(CNCC2(O)CCN(c3ccnc4cccnc34)C2)CC1. The summed E-state index contributed by atoms with van der Waals surface area (Å²) in [6.07, 6.45) is 5.69. The van der Waals surface area contributed by atoms with E-state index < -0.39 is 11.2 Å². The second kappa shape index (κ2) is 8.89. The first-order valence-electron chi connectivity index (χ1n) is 11.9. The molecule has 1 unspecified atom stereocenters. The van der Waals surface area contributed by atoms with Crippen LogP contribution in [0.2, 0.25) is 0 Å². The number of hydrogen-bond donors (Lipinski definition) is 3. The summed E-state index contributed by atoms with van der Waals surface area (Å²) < 4.78 is 0. The van der Waals surface area contributed by atoms with Crippen molar-refractivity contribution >= 4 is 22.4 Å². The molecule has 5 rings (SSSR count). The number of hydrogen-bond acceptors (Lipinski definition) is 7. The molecule has 0 aliphatic carbocycles. The van der Waals surface area contributed by atoms with Crippen LogP contribution in [-0.2, 0) is 0 Å². The highest BCUT2D eigenvalue weighted by molar-refractivity contribution is 5.87. The number of pyridine rings is 2. The number of nitrogens with one attached hydrogen (secondary N) is 1. The molecule has 0 bridgehead atoms. The number of aromatic nitrogens is 2. The Balaban J connectivity index is 1.15. The molecule has 4 heterocycles. The van der Waals surface area contributed by atoms with Gasteiger partial charge in [0.25, 0.3) is 0 Å². The number of rotatable bonds is 6. The smallest absolute Gasteiger partial charge is 0.112 e. The van der Waals surface area contributed by atoms with Crippen molar-refractivity contribution in [1.29, 1.82) is 0 Å². The van der Waals surface area contributed by atoms with Crippen LogP contribution in [0.5, 0.6) is 0 Å². The summed E-state index contributed by atoms with van der Waals surface area (Å²) in [4.78, 5) is 13.4. The quantitative estimate of drug-likeness (QED) is 0.535. The lowest BCUT2D eigenvalue weighted by Crippen LogP contribution is -2.53. The van der Waals surface area contributed by atoms with Crippen molar-refractivity contribution in [3.63, 3.8) is 0 Å². The van der Waals surface area contributed by atoms with Crippen LogP contribution >= 0.6 is 0 Å². The lowest BCUT2D eigenvalue weighted by molar-refractivity contribution is 0.00640. The molecule has 2 fully saturated rings. The summed E-state index contributed by atoms with van der Waals surface area (Å²) in [5.41, 5.74) is 3.70. The van der Waals surface area contributed by atoms with Gasteiger partial charge in [-0.15, -0.1) is 0 Å². The zero-order valence-corrected chi connectivity index (χ0v) is 19.2. The molecule has 0 amide bonds. The third kappa shape index (κ3) is 4.67. The zero-order chi connectivity index (χ0) is 22.9. The molecule has 2 saturated heterocycles. The van der Waals surface area contributed by atoms with Crippen LogP contribution in [0.15, 0.2) is 54.9 Å². The molecule has 3 N–H and O–H groups in total. The number of para-hydroxylation sites is 1. The van der Waals surface area contributed by atoms with Crippen molar-refractivity contribution in [2.24, 2.45) is 0 Å². The van der Waals surface area contributed by atoms with Crippen LogP contribution < -0.4 is 15.1 Å². The minimum absolute atomic E-state index is 0.462. The van der Waals surface area contributed by atoms with Crippen LogP contribution in [0.25, 0.3) is 11.0 Å². The lowest BCUT2D eigenvalue weighted by atomic mass is 9.90. The molecule has 3 aromatic rings. The molecule has 0 spiro atoms. The van der Waals surface area contributed by atoms with Gasteiger partial charge in [-0.3, -0.25) is 9.97 Å². The Morgan fingerprint density at radius 1 is 0.818 bits per heavy atom. The van der Waals surface area contributed by atoms with Crippen molar-refractivity contribution in [2.75, 3.05) is 49.1 Å². The maximum Gasteiger partial charge on any atom is 0.112 e. The average Bonchev–Trinajstić information content (AvgIpc) is 3.21. The lowest BCUT2D eigenvalue weighted by Gasteiger charge is -2.40. The Morgan fingerprint density at radius 2 is 1.55 bits per heavy atom. The highest BCUT2D eigenvalue weighted by Gasteiger charge is 2.38. The second-order valence-electron chi connectivity index (χ2n) is 9.70. The van der Waals surface area contributed by atoms with Gasteiger partial charge < -0.3 is 25.3 Å². The van der Waals surface area contributed by atoms with Gasteiger partial charge in [0.2, 0.25) is 0 Å². The van der Waals surface area contributed by atoms with Crippen LogP contribution in [0.4, 0.5) is 11.4 Å². The summed E-state index contributed by atoms with van der Waals surface area (Å²) in [5, 5.41) is 25.7. The summed E-state index contributed by atoms with van der Waals surface area (Å²) in [5.74, 6) is 0. The van der Waals surface area contributed by atoms with Gasteiger partial charge in [0.05, 0.1) is 22.4 Å². The van der Waals surface area contributed by atoms with Gasteiger partial charge in [0.15, 0.2) is 0 Å². The van der Waals surface area contributed by atoms with E-state index >= 15 is 0 Å². The molecule has 174 valence electrons. The molecule has 2 aromatic heterocycles. The standard InChI is InChI=1S/C26H33N5O2/c1-20-5-2-3-7-22(20)30-14-9-25(32,10-15-30)17-27-18-26(33)11-16-31(19-26)23-8-13-28-21-6-4-12-29-24(21)23/h2-8,12-13,27,32-33H,9-11,14-19H2,1H3. The van der Waals surface area contributed by atoms with Gasteiger partial charge in [-0.1, -0.05) is 18.2 Å². The predicted molar refractivity (Wildman–Crippen MR) is 132 cm³/mol. The van der Waals surface area contributed by atoms with E-state index in [1.807, 2.05) is 18.2 Å². The fourth-order valence-corrected chi connectivity index (χ4v) is 5.21. The second-order valence-corrected chi connectivity index (χ2v) is 9.70. The fraction of sp³-hybridized carbons (Fsp3) is 0.462. The van der Waals surface area contributed by atoms with E-state index in [-0.39, 0.29) is 0 Å². The molecule has 7 heteroatoms. The first-order valence-corrected chi connectivity index (χ1v) is 11.9. The molecule has 7 nitrogen and oxygen atoms in total. The molecular weight excluding hydrogens is 414 g/mol. The number of fused-ring (bicyclic) bond motifs is 1. The summed E-state index contributed by atoms with van der Waals surface area (Å²) >= 11 is 0. The highest BCUT2D eigenvalue weighted by atomic mass is 16.3. The molecule has 1 aromatic carbocycles. The number of piperidine rings is 1. The number of anilines is 2. The number of aryl methyl sites for hydroxylation is 1. The van der Waals surface area contributed by atoms with Crippen LogP contribution in [0, 0.1) is 6.92 Å².